The van der Waals surface area contributed by atoms with Crippen molar-refractivity contribution in [3.63, 3.8) is 0 Å². The van der Waals surface area contributed by atoms with Gasteiger partial charge in [-0.3, -0.25) is 4.55 Å². The third-order valence-electron chi connectivity index (χ3n) is 3.69. The van der Waals surface area contributed by atoms with Gasteiger partial charge in [-0.1, -0.05) is 104 Å². The van der Waals surface area contributed by atoms with Gasteiger partial charge in [-0.2, -0.15) is 8.42 Å². The van der Waals surface area contributed by atoms with Gasteiger partial charge >= 0.3 is 10.4 Å². The molecule has 0 saturated carbocycles. The van der Waals surface area contributed by atoms with E-state index in [1.165, 1.54) is 70.6 Å². The Morgan fingerprint density at radius 1 is 0.609 bits per heavy atom. The topological polar surface area (TPSA) is 63.6 Å². The number of hydrogen-bond acceptors (Lipinski definition) is 3. The quantitative estimate of drug-likeness (QED) is 0.277. The fourth-order valence-corrected chi connectivity index (χ4v) is 2.58. The van der Waals surface area contributed by atoms with Gasteiger partial charge in [-0.05, 0) is 6.42 Å². The summed E-state index contributed by atoms with van der Waals surface area (Å²) in [6.07, 6.45) is 17.5. The minimum Gasteiger partial charge on any atom is -0.264 e. The summed E-state index contributed by atoms with van der Waals surface area (Å²) in [5.74, 6) is 0. The fourth-order valence-electron chi connectivity index (χ4n) is 2.25. The molecular formula is C18H40O4S. The minimum atomic E-state index is -4.23. The van der Waals surface area contributed by atoms with Crippen molar-refractivity contribution in [1.82, 2.24) is 0 Å². The van der Waals surface area contributed by atoms with Gasteiger partial charge in [0.25, 0.3) is 0 Å². The first kappa shape index (κ1) is 25.1. The van der Waals surface area contributed by atoms with Crippen molar-refractivity contribution in [3.8, 4) is 0 Å². The summed E-state index contributed by atoms with van der Waals surface area (Å²) >= 11 is 0. The van der Waals surface area contributed by atoms with Crippen LogP contribution in [-0.2, 0) is 14.6 Å². The molecule has 0 aromatic heterocycles. The average Bonchev–Trinajstić information content (AvgIpc) is 2.50. The van der Waals surface area contributed by atoms with Crippen LogP contribution in [0.4, 0.5) is 0 Å². The second-order valence-corrected chi connectivity index (χ2v) is 7.23. The molecule has 0 bridgehead atoms. The zero-order valence-electron chi connectivity index (χ0n) is 15.7. The van der Waals surface area contributed by atoms with E-state index in [0.717, 1.165) is 12.8 Å². The molecule has 0 aliphatic rings. The lowest BCUT2D eigenvalue weighted by molar-refractivity contribution is 0.261. The van der Waals surface area contributed by atoms with Gasteiger partial charge in [0, 0.05) is 0 Å². The molecule has 0 atom stereocenters. The molecule has 23 heavy (non-hydrogen) atoms. The van der Waals surface area contributed by atoms with Crippen molar-refractivity contribution < 1.29 is 17.2 Å². The lowest BCUT2D eigenvalue weighted by Gasteiger charge is -2.01. The SMILES string of the molecule is CCCCCCCC.CCCCCCCCCCOS(=O)(=O)O. The van der Waals surface area contributed by atoms with Crippen LogP contribution in [0, 0.1) is 0 Å². The average molecular weight is 353 g/mol. The highest BCUT2D eigenvalue weighted by molar-refractivity contribution is 7.80. The molecule has 142 valence electrons. The summed E-state index contributed by atoms with van der Waals surface area (Å²) in [6, 6.07) is 0. The van der Waals surface area contributed by atoms with Gasteiger partial charge in [0.1, 0.15) is 0 Å². The van der Waals surface area contributed by atoms with Crippen LogP contribution in [0.2, 0.25) is 0 Å². The van der Waals surface area contributed by atoms with E-state index in [1.807, 2.05) is 0 Å². The third-order valence-corrected chi connectivity index (χ3v) is 4.15. The molecular weight excluding hydrogens is 312 g/mol. The molecule has 0 radical (unpaired) electrons. The molecule has 0 aromatic rings. The zero-order valence-corrected chi connectivity index (χ0v) is 16.5. The van der Waals surface area contributed by atoms with Gasteiger partial charge in [0.15, 0.2) is 0 Å². The molecule has 0 amide bonds. The summed E-state index contributed by atoms with van der Waals surface area (Å²) < 4.78 is 32.8. The van der Waals surface area contributed by atoms with Crippen molar-refractivity contribution in [2.45, 2.75) is 111 Å². The Kier molecular flexibility index (Phi) is 21.7. The Balaban J connectivity index is 0. The van der Waals surface area contributed by atoms with Crippen molar-refractivity contribution in [2.24, 2.45) is 0 Å². The smallest absolute Gasteiger partial charge is 0.264 e. The van der Waals surface area contributed by atoms with Gasteiger partial charge in [0.05, 0.1) is 6.61 Å². The van der Waals surface area contributed by atoms with E-state index in [4.69, 9.17) is 4.55 Å². The highest BCUT2D eigenvalue weighted by Crippen LogP contribution is 2.08. The molecule has 1 N–H and O–H groups in total. The molecule has 5 heteroatoms. The first-order chi connectivity index (χ1) is 11.0. The molecule has 0 spiro atoms. The molecule has 0 aliphatic carbocycles. The monoisotopic (exact) mass is 352 g/mol. The largest absolute Gasteiger partial charge is 0.397 e. The predicted octanol–water partition coefficient (Wildman–Crippen LogP) is 6.31. The van der Waals surface area contributed by atoms with Crippen molar-refractivity contribution >= 4 is 10.4 Å². The molecule has 4 nitrogen and oxygen atoms in total. The Hall–Kier alpha value is -0.130. The minimum absolute atomic E-state index is 0.0911. The Morgan fingerprint density at radius 2 is 0.913 bits per heavy atom. The second-order valence-electron chi connectivity index (χ2n) is 6.14. The highest BCUT2D eigenvalue weighted by atomic mass is 32.3. The van der Waals surface area contributed by atoms with E-state index in [1.54, 1.807) is 0 Å². The van der Waals surface area contributed by atoms with Crippen LogP contribution in [0.1, 0.15) is 111 Å². The molecule has 0 saturated heterocycles. The zero-order chi connectivity index (χ0) is 17.8. The maximum atomic E-state index is 10.2. The maximum absolute atomic E-state index is 10.2. The van der Waals surface area contributed by atoms with E-state index < -0.39 is 10.4 Å². The van der Waals surface area contributed by atoms with Crippen LogP contribution in [-0.4, -0.2) is 19.6 Å². The Morgan fingerprint density at radius 3 is 1.22 bits per heavy atom. The summed E-state index contributed by atoms with van der Waals surface area (Å²) in [6.45, 7) is 6.79. The molecule has 0 aromatic carbocycles. The number of unbranched alkanes of at least 4 members (excludes halogenated alkanes) is 12. The first-order valence-electron chi connectivity index (χ1n) is 9.59. The predicted molar refractivity (Wildman–Crippen MR) is 99.2 cm³/mol. The van der Waals surface area contributed by atoms with Gasteiger partial charge in [-0.15, -0.1) is 0 Å². The molecule has 0 rings (SSSR count). The molecule has 0 heterocycles. The van der Waals surface area contributed by atoms with E-state index in [0.29, 0.717) is 6.42 Å². The van der Waals surface area contributed by atoms with E-state index >= 15 is 0 Å². The van der Waals surface area contributed by atoms with Crippen molar-refractivity contribution in [3.05, 3.63) is 0 Å². The fraction of sp³-hybridized carbons (Fsp3) is 1.00. The standard InChI is InChI=1S/C10H22O4S.C8H18/c1-2-3-4-5-6-7-8-9-10-14-15(11,12)13;1-3-5-7-8-6-4-2/h2-10H2,1H3,(H,11,12,13);3-8H2,1-2H3. The van der Waals surface area contributed by atoms with Gasteiger partial charge in [-0.25, -0.2) is 4.18 Å². The Bertz CT molecular complexity index is 296. The van der Waals surface area contributed by atoms with Crippen LogP contribution < -0.4 is 0 Å². The van der Waals surface area contributed by atoms with Gasteiger partial charge in [0.2, 0.25) is 0 Å². The van der Waals surface area contributed by atoms with E-state index in [-0.39, 0.29) is 6.61 Å². The normalized spacial score (nSPS) is 11.1. The molecule has 0 unspecified atom stereocenters. The summed E-state index contributed by atoms with van der Waals surface area (Å²) in [5.41, 5.74) is 0. The van der Waals surface area contributed by atoms with Gasteiger partial charge < -0.3 is 0 Å². The van der Waals surface area contributed by atoms with Crippen molar-refractivity contribution in [2.75, 3.05) is 6.61 Å². The second kappa shape index (κ2) is 19.9. The molecule has 0 fully saturated rings. The number of rotatable bonds is 15. The van der Waals surface area contributed by atoms with Crippen LogP contribution in [0.15, 0.2) is 0 Å². The van der Waals surface area contributed by atoms with Crippen LogP contribution in [0.5, 0.6) is 0 Å². The lowest BCUT2D eigenvalue weighted by Crippen LogP contribution is -2.04. The third kappa shape index (κ3) is 30.3. The first-order valence-corrected chi connectivity index (χ1v) is 11.0. The van der Waals surface area contributed by atoms with E-state index in [2.05, 4.69) is 25.0 Å². The van der Waals surface area contributed by atoms with Crippen LogP contribution in [0.25, 0.3) is 0 Å². The Labute approximate surface area is 145 Å². The van der Waals surface area contributed by atoms with E-state index in [9.17, 15) is 8.42 Å². The highest BCUT2D eigenvalue weighted by Gasteiger charge is 2.02. The number of hydrogen-bond donors (Lipinski definition) is 1. The summed E-state index contributed by atoms with van der Waals surface area (Å²) in [5, 5.41) is 0. The van der Waals surface area contributed by atoms with Crippen molar-refractivity contribution in [1.29, 1.82) is 0 Å². The maximum Gasteiger partial charge on any atom is 0.397 e. The summed E-state index contributed by atoms with van der Waals surface area (Å²) in [7, 11) is -4.23. The lowest BCUT2D eigenvalue weighted by atomic mass is 10.1. The van der Waals surface area contributed by atoms with Crippen LogP contribution >= 0.6 is 0 Å². The summed E-state index contributed by atoms with van der Waals surface area (Å²) in [4.78, 5) is 0. The molecule has 0 aliphatic heterocycles. The van der Waals surface area contributed by atoms with Crippen LogP contribution in [0.3, 0.4) is 0 Å².